The molecule has 0 heterocycles. The van der Waals surface area contributed by atoms with Crippen LogP contribution in [-0.2, 0) is 4.79 Å². The zero-order valence-electron chi connectivity index (χ0n) is 13.0. The number of halogens is 2. The molecule has 0 spiro atoms. The summed E-state index contributed by atoms with van der Waals surface area (Å²) >= 11 is 0. The summed E-state index contributed by atoms with van der Waals surface area (Å²) in [6.45, 7) is 3.32. The second kappa shape index (κ2) is 7.33. The summed E-state index contributed by atoms with van der Waals surface area (Å²) in [5, 5.41) is 12.9. The van der Waals surface area contributed by atoms with Gasteiger partial charge < -0.3 is 10.4 Å². The minimum absolute atomic E-state index is 0.315. The van der Waals surface area contributed by atoms with E-state index >= 15 is 0 Å². The Hall–Kier alpha value is -2.27. The van der Waals surface area contributed by atoms with Gasteiger partial charge in [0.15, 0.2) is 0 Å². The molecule has 0 aliphatic carbocycles. The van der Waals surface area contributed by atoms with Gasteiger partial charge in [-0.15, -0.1) is 0 Å². The topological polar surface area (TPSA) is 49.3 Å². The van der Waals surface area contributed by atoms with Crippen LogP contribution in [0.1, 0.15) is 37.0 Å². The van der Waals surface area contributed by atoms with E-state index in [2.05, 4.69) is 5.32 Å². The first-order valence-corrected chi connectivity index (χ1v) is 7.38. The van der Waals surface area contributed by atoms with E-state index in [1.807, 2.05) is 0 Å². The quantitative estimate of drug-likeness (QED) is 0.888. The van der Waals surface area contributed by atoms with Gasteiger partial charge in [-0.1, -0.05) is 24.3 Å². The zero-order valence-corrected chi connectivity index (χ0v) is 13.0. The van der Waals surface area contributed by atoms with E-state index in [1.54, 1.807) is 26.0 Å². The lowest BCUT2D eigenvalue weighted by Crippen LogP contribution is -2.39. The van der Waals surface area contributed by atoms with Crippen LogP contribution >= 0.6 is 0 Å². The summed E-state index contributed by atoms with van der Waals surface area (Å²) in [6, 6.07) is 10.7. The Balaban J connectivity index is 2.02. The van der Waals surface area contributed by atoms with Crippen LogP contribution in [0.4, 0.5) is 8.78 Å². The number of nitrogens with one attached hydrogen (secondary N) is 1. The molecule has 0 bridgehead atoms. The van der Waals surface area contributed by atoms with Gasteiger partial charge in [0, 0.05) is 0 Å². The molecule has 3 atom stereocenters. The minimum atomic E-state index is -0.959. The van der Waals surface area contributed by atoms with Crippen molar-refractivity contribution in [3.63, 3.8) is 0 Å². The number of hydrogen-bond acceptors (Lipinski definition) is 2. The molecular formula is C18H19F2NO2. The van der Waals surface area contributed by atoms with E-state index < -0.39 is 29.7 Å². The first-order chi connectivity index (χ1) is 10.9. The monoisotopic (exact) mass is 319 g/mol. The van der Waals surface area contributed by atoms with Crippen molar-refractivity contribution >= 4 is 5.91 Å². The van der Waals surface area contributed by atoms with Gasteiger partial charge in [0.2, 0.25) is 5.91 Å². The lowest BCUT2D eigenvalue weighted by atomic mass is 9.98. The fraction of sp³-hybridized carbons (Fsp3) is 0.278. The maximum Gasteiger partial charge on any atom is 0.227 e. The van der Waals surface area contributed by atoms with Gasteiger partial charge in [-0.05, 0) is 49.2 Å². The first kappa shape index (κ1) is 17.1. The SMILES string of the molecule is CC(C(=O)NC(C)C(O)c1ccc(F)cc1)c1cccc(F)c1. The molecule has 5 heteroatoms. The van der Waals surface area contributed by atoms with Gasteiger partial charge >= 0.3 is 0 Å². The van der Waals surface area contributed by atoms with E-state index in [1.165, 1.54) is 36.4 Å². The Morgan fingerprint density at radius 2 is 1.65 bits per heavy atom. The highest BCUT2D eigenvalue weighted by atomic mass is 19.1. The molecule has 3 unspecified atom stereocenters. The fourth-order valence-electron chi connectivity index (χ4n) is 2.30. The summed E-state index contributed by atoms with van der Waals surface area (Å²) in [5.41, 5.74) is 1.07. The second-order valence-electron chi connectivity index (χ2n) is 5.57. The Morgan fingerprint density at radius 3 is 2.26 bits per heavy atom. The molecule has 0 saturated carbocycles. The van der Waals surface area contributed by atoms with Crippen molar-refractivity contribution in [2.24, 2.45) is 0 Å². The number of aliphatic hydroxyl groups is 1. The first-order valence-electron chi connectivity index (χ1n) is 7.38. The van der Waals surface area contributed by atoms with Crippen molar-refractivity contribution in [1.82, 2.24) is 5.32 Å². The third kappa shape index (κ3) is 4.36. The zero-order chi connectivity index (χ0) is 17.0. The van der Waals surface area contributed by atoms with E-state index in [4.69, 9.17) is 0 Å². The molecule has 122 valence electrons. The van der Waals surface area contributed by atoms with Gasteiger partial charge in [-0.2, -0.15) is 0 Å². The molecule has 1 amide bonds. The van der Waals surface area contributed by atoms with Crippen LogP contribution in [0.15, 0.2) is 48.5 Å². The minimum Gasteiger partial charge on any atom is -0.386 e. The standard InChI is InChI=1S/C18H19F2NO2/c1-11(14-4-3-5-16(20)10-14)18(23)21-12(2)17(22)13-6-8-15(19)9-7-13/h3-12,17,22H,1-2H3,(H,21,23). The van der Waals surface area contributed by atoms with Crippen LogP contribution in [0.2, 0.25) is 0 Å². The van der Waals surface area contributed by atoms with E-state index in [0.29, 0.717) is 11.1 Å². The smallest absolute Gasteiger partial charge is 0.227 e. The number of rotatable bonds is 5. The Bertz CT molecular complexity index is 673. The van der Waals surface area contributed by atoms with Crippen LogP contribution in [0.25, 0.3) is 0 Å². The third-order valence-corrected chi connectivity index (χ3v) is 3.80. The third-order valence-electron chi connectivity index (χ3n) is 3.80. The molecule has 0 aliphatic rings. The molecule has 0 fully saturated rings. The maximum absolute atomic E-state index is 13.2. The predicted octanol–water partition coefficient (Wildman–Crippen LogP) is 3.31. The summed E-state index contributed by atoms with van der Waals surface area (Å²) in [5.74, 6) is -1.66. The summed E-state index contributed by atoms with van der Waals surface area (Å²) in [7, 11) is 0. The normalized spacial score (nSPS) is 14.8. The van der Waals surface area contributed by atoms with Crippen molar-refractivity contribution in [3.8, 4) is 0 Å². The molecule has 0 aliphatic heterocycles. The molecule has 2 aromatic rings. The summed E-state index contributed by atoms with van der Waals surface area (Å²) < 4.78 is 26.1. The predicted molar refractivity (Wildman–Crippen MR) is 83.8 cm³/mol. The van der Waals surface area contributed by atoms with E-state index in [0.717, 1.165) is 0 Å². The number of hydrogen-bond donors (Lipinski definition) is 2. The number of carbonyl (C=O) groups excluding carboxylic acids is 1. The molecule has 23 heavy (non-hydrogen) atoms. The largest absolute Gasteiger partial charge is 0.386 e. The molecule has 2 aromatic carbocycles. The Kier molecular flexibility index (Phi) is 5.45. The number of aliphatic hydroxyl groups excluding tert-OH is 1. The Morgan fingerprint density at radius 1 is 1.00 bits per heavy atom. The van der Waals surface area contributed by atoms with Gasteiger partial charge in [0.1, 0.15) is 11.6 Å². The lowest BCUT2D eigenvalue weighted by Gasteiger charge is -2.22. The molecule has 2 rings (SSSR count). The van der Waals surface area contributed by atoms with Crippen LogP contribution in [-0.4, -0.2) is 17.1 Å². The average molecular weight is 319 g/mol. The van der Waals surface area contributed by atoms with E-state index in [-0.39, 0.29) is 5.91 Å². The van der Waals surface area contributed by atoms with E-state index in [9.17, 15) is 18.7 Å². The van der Waals surface area contributed by atoms with Gasteiger partial charge in [-0.3, -0.25) is 4.79 Å². The maximum atomic E-state index is 13.2. The highest BCUT2D eigenvalue weighted by Gasteiger charge is 2.22. The highest BCUT2D eigenvalue weighted by Crippen LogP contribution is 2.20. The number of benzene rings is 2. The number of amides is 1. The van der Waals surface area contributed by atoms with Crippen molar-refractivity contribution in [2.75, 3.05) is 0 Å². The van der Waals surface area contributed by atoms with Crippen molar-refractivity contribution < 1.29 is 18.7 Å². The molecule has 0 radical (unpaired) electrons. The van der Waals surface area contributed by atoms with Crippen LogP contribution in [0.5, 0.6) is 0 Å². The highest BCUT2D eigenvalue weighted by molar-refractivity contribution is 5.83. The molecule has 3 nitrogen and oxygen atoms in total. The molecule has 2 N–H and O–H groups in total. The van der Waals surface area contributed by atoms with Gasteiger partial charge in [0.25, 0.3) is 0 Å². The lowest BCUT2D eigenvalue weighted by molar-refractivity contribution is -0.123. The van der Waals surface area contributed by atoms with Crippen LogP contribution < -0.4 is 5.32 Å². The van der Waals surface area contributed by atoms with Crippen LogP contribution in [0, 0.1) is 11.6 Å². The van der Waals surface area contributed by atoms with Crippen LogP contribution in [0.3, 0.4) is 0 Å². The molecule has 0 aromatic heterocycles. The fourth-order valence-corrected chi connectivity index (χ4v) is 2.30. The summed E-state index contributed by atoms with van der Waals surface area (Å²) in [4.78, 5) is 12.3. The number of carbonyl (C=O) groups is 1. The van der Waals surface area contributed by atoms with Gasteiger partial charge in [-0.25, -0.2) is 8.78 Å². The van der Waals surface area contributed by atoms with Gasteiger partial charge in [0.05, 0.1) is 18.1 Å². The van der Waals surface area contributed by atoms with Crippen molar-refractivity contribution in [3.05, 3.63) is 71.3 Å². The Labute approximate surface area is 134 Å². The van der Waals surface area contributed by atoms with Crippen molar-refractivity contribution in [1.29, 1.82) is 0 Å². The summed E-state index contributed by atoms with van der Waals surface area (Å²) in [6.07, 6.45) is -0.959. The average Bonchev–Trinajstić information content (AvgIpc) is 2.54. The van der Waals surface area contributed by atoms with Crippen molar-refractivity contribution in [2.45, 2.75) is 31.9 Å². The second-order valence-corrected chi connectivity index (χ2v) is 5.57. The molecular weight excluding hydrogens is 300 g/mol. The molecule has 0 saturated heterocycles.